The molecule has 4 heterocycles. The molecule has 0 N–H and O–H groups in total. The largest absolute Gasteiger partial charge is 0.486 e. The maximum Gasteiger partial charge on any atom is 0.216 e. The molecule has 0 saturated heterocycles. The molecule has 4 aromatic carbocycles. The summed E-state index contributed by atoms with van der Waals surface area (Å²) < 4.78 is 22.4. The van der Waals surface area contributed by atoms with Crippen LogP contribution in [0.1, 0.15) is 39.3 Å². The SMILES string of the molecule is CC(C)Cc1cc(-c2[c-]cccc2F)ncc1[Si](C)(C)C.CC(C)n1c(-c2[c-]ccc3c2oc2ncccc23)nc2c3ccccc3ccc21.[Ir]. The Kier molecular flexibility index (Phi) is 10.4. The van der Waals surface area contributed by atoms with Gasteiger partial charge >= 0.3 is 0 Å². The third-order valence-corrected chi connectivity index (χ3v) is 11.1. The van der Waals surface area contributed by atoms with Crippen molar-refractivity contribution in [1.82, 2.24) is 19.5 Å². The Balaban J connectivity index is 0.000000182. The summed E-state index contributed by atoms with van der Waals surface area (Å²) in [5, 5.41) is 5.76. The van der Waals surface area contributed by atoms with E-state index in [0.29, 0.717) is 22.9 Å². The van der Waals surface area contributed by atoms with E-state index in [1.54, 1.807) is 18.3 Å². The third-order valence-electron chi connectivity index (χ3n) is 9.02. The van der Waals surface area contributed by atoms with E-state index in [-0.39, 0.29) is 32.0 Å². The maximum atomic E-state index is 13.9. The maximum absolute atomic E-state index is 13.9. The molecular formula is C43H41FIrN4OSi-2. The fourth-order valence-electron chi connectivity index (χ4n) is 6.80. The minimum Gasteiger partial charge on any atom is -0.486 e. The molecule has 0 bridgehead atoms. The normalized spacial score (nSPS) is 11.8. The molecule has 8 aromatic rings. The van der Waals surface area contributed by atoms with Crippen LogP contribution in [0.2, 0.25) is 19.6 Å². The Morgan fingerprint density at radius 1 is 0.824 bits per heavy atom. The molecular weight excluding hydrogens is 828 g/mol. The zero-order chi connectivity index (χ0) is 35.2. The number of benzene rings is 4. The van der Waals surface area contributed by atoms with Gasteiger partial charge in [0.25, 0.3) is 0 Å². The molecule has 51 heavy (non-hydrogen) atoms. The van der Waals surface area contributed by atoms with Crippen molar-refractivity contribution in [1.29, 1.82) is 0 Å². The van der Waals surface area contributed by atoms with Crippen molar-refractivity contribution in [2.24, 2.45) is 5.92 Å². The van der Waals surface area contributed by atoms with Gasteiger partial charge in [-0.05, 0) is 60.7 Å². The van der Waals surface area contributed by atoms with E-state index in [0.717, 1.165) is 50.6 Å². The molecule has 0 spiro atoms. The fourth-order valence-corrected chi connectivity index (χ4v) is 8.39. The number of fused-ring (bicyclic) bond motifs is 6. The number of aromatic nitrogens is 4. The smallest absolute Gasteiger partial charge is 0.216 e. The van der Waals surface area contributed by atoms with Crippen LogP contribution < -0.4 is 5.19 Å². The van der Waals surface area contributed by atoms with Crippen LogP contribution in [0.15, 0.2) is 102 Å². The van der Waals surface area contributed by atoms with Crippen LogP contribution in [0, 0.1) is 23.9 Å². The first-order valence-electron chi connectivity index (χ1n) is 17.2. The number of imidazole rings is 1. The van der Waals surface area contributed by atoms with Gasteiger partial charge in [0.2, 0.25) is 5.71 Å². The summed E-state index contributed by atoms with van der Waals surface area (Å²) in [7, 11) is -1.45. The Bertz CT molecular complexity index is 2500. The number of pyridine rings is 2. The molecule has 0 fully saturated rings. The van der Waals surface area contributed by atoms with Gasteiger partial charge in [-0.2, -0.15) is 0 Å². The van der Waals surface area contributed by atoms with Gasteiger partial charge in [0.1, 0.15) is 0 Å². The van der Waals surface area contributed by atoms with E-state index in [1.807, 2.05) is 30.5 Å². The Labute approximate surface area is 313 Å². The summed E-state index contributed by atoms with van der Waals surface area (Å²) in [4.78, 5) is 14.0. The molecule has 1 radical (unpaired) electrons. The fraction of sp³-hybridized carbons (Fsp3) is 0.233. The monoisotopic (exact) mass is 869 g/mol. The molecule has 0 unspecified atom stereocenters. The number of halogens is 1. The van der Waals surface area contributed by atoms with Crippen LogP contribution in [0.3, 0.4) is 0 Å². The van der Waals surface area contributed by atoms with E-state index in [4.69, 9.17) is 9.40 Å². The minimum absolute atomic E-state index is 0. The van der Waals surface area contributed by atoms with Crippen LogP contribution >= 0.6 is 0 Å². The van der Waals surface area contributed by atoms with Gasteiger partial charge in [0.15, 0.2) is 0 Å². The first kappa shape index (κ1) is 36.3. The van der Waals surface area contributed by atoms with Crippen molar-refractivity contribution >= 4 is 57.1 Å². The second kappa shape index (κ2) is 14.6. The first-order valence-corrected chi connectivity index (χ1v) is 20.7. The second-order valence-electron chi connectivity index (χ2n) is 14.6. The van der Waals surface area contributed by atoms with Gasteiger partial charge in [0.05, 0.1) is 30.5 Å². The van der Waals surface area contributed by atoms with E-state index in [9.17, 15) is 4.39 Å². The van der Waals surface area contributed by atoms with Crippen molar-refractivity contribution in [2.45, 2.75) is 59.8 Å². The van der Waals surface area contributed by atoms with Crippen molar-refractivity contribution in [3.63, 3.8) is 0 Å². The zero-order valence-corrected chi connectivity index (χ0v) is 33.4. The average Bonchev–Trinajstić information content (AvgIpc) is 3.67. The van der Waals surface area contributed by atoms with Crippen molar-refractivity contribution in [3.8, 4) is 22.6 Å². The molecule has 0 aliphatic carbocycles. The van der Waals surface area contributed by atoms with Crippen LogP contribution in [0.4, 0.5) is 4.39 Å². The molecule has 0 aliphatic heterocycles. The number of hydrogen-bond donors (Lipinski definition) is 0. The molecule has 0 atom stereocenters. The van der Waals surface area contributed by atoms with Crippen LogP contribution in [-0.2, 0) is 26.5 Å². The quantitative estimate of drug-likeness (QED) is 0.123. The average molecular weight is 869 g/mol. The topological polar surface area (TPSA) is 56.7 Å². The van der Waals surface area contributed by atoms with Gasteiger partial charge in [-0.15, -0.1) is 42.5 Å². The standard InChI is InChI=1S/C25H18N3O.C18H23FNSi.Ir/c1-15(2)28-21-13-12-16-7-3-4-8-17(16)22(21)27-24(28)20-10-5-9-18-19-11-6-14-26-25(19)29-23(18)20;1-13(2)10-14-11-17(15-8-6-7-9-16(15)19)20-12-18(14)21(3,4)5;/h3-9,11-15H,1-2H3;6-7,9,11-13H,10H2,1-5H3;/q2*-1;. The van der Waals surface area contributed by atoms with Gasteiger partial charge in [-0.25, -0.2) is 4.98 Å². The first-order chi connectivity index (χ1) is 24.0. The number of nitrogens with zero attached hydrogens (tertiary/aromatic N) is 4. The summed E-state index contributed by atoms with van der Waals surface area (Å²) in [6.45, 7) is 15.8. The minimum atomic E-state index is -1.45. The van der Waals surface area contributed by atoms with Crippen molar-refractivity contribution < 1.29 is 28.9 Å². The van der Waals surface area contributed by atoms with E-state index >= 15 is 0 Å². The van der Waals surface area contributed by atoms with Crippen molar-refractivity contribution in [2.75, 3.05) is 0 Å². The molecule has 5 nitrogen and oxygen atoms in total. The van der Waals surface area contributed by atoms with E-state index < -0.39 is 8.07 Å². The number of furan rings is 1. The molecule has 0 saturated carbocycles. The second-order valence-corrected chi connectivity index (χ2v) is 19.6. The van der Waals surface area contributed by atoms with Crippen molar-refractivity contribution in [3.05, 3.63) is 121 Å². The summed E-state index contributed by atoms with van der Waals surface area (Å²) in [6.07, 6.45) is 4.72. The molecule has 8 heteroatoms. The third kappa shape index (κ3) is 7.05. The molecule has 4 aromatic heterocycles. The number of rotatable bonds is 6. The molecule has 261 valence electrons. The van der Waals surface area contributed by atoms with Crippen LogP contribution in [0.5, 0.6) is 0 Å². The summed E-state index contributed by atoms with van der Waals surface area (Å²) in [5.41, 5.74) is 6.87. The van der Waals surface area contributed by atoms with Gasteiger partial charge in [-0.3, -0.25) is 9.37 Å². The summed E-state index contributed by atoms with van der Waals surface area (Å²) in [6, 6.07) is 34.2. The molecule has 0 amide bonds. The summed E-state index contributed by atoms with van der Waals surface area (Å²) >= 11 is 0. The van der Waals surface area contributed by atoms with Gasteiger partial charge in [0, 0.05) is 55.1 Å². The van der Waals surface area contributed by atoms with Gasteiger partial charge in [-0.1, -0.05) is 92.0 Å². The predicted octanol–water partition coefficient (Wildman–Crippen LogP) is 11.0. The Morgan fingerprint density at radius 3 is 2.33 bits per heavy atom. The Morgan fingerprint density at radius 2 is 1.59 bits per heavy atom. The number of hydrogen-bond acceptors (Lipinski definition) is 4. The van der Waals surface area contributed by atoms with Crippen LogP contribution in [0.25, 0.3) is 66.5 Å². The molecule has 8 rings (SSSR count). The predicted molar refractivity (Wildman–Crippen MR) is 207 cm³/mol. The van der Waals surface area contributed by atoms with E-state index in [2.05, 4.69) is 116 Å². The Hall–Kier alpha value is -4.49. The van der Waals surface area contributed by atoms with E-state index in [1.165, 1.54) is 22.2 Å². The molecule has 0 aliphatic rings. The summed E-state index contributed by atoms with van der Waals surface area (Å²) in [5.74, 6) is 1.18. The van der Waals surface area contributed by atoms with Crippen LogP contribution in [-0.4, -0.2) is 27.6 Å². The zero-order valence-electron chi connectivity index (χ0n) is 30.0. The van der Waals surface area contributed by atoms with Gasteiger partial charge < -0.3 is 14.0 Å².